The van der Waals surface area contributed by atoms with Crippen molar-refractivity contribution in [1.29, 1.82) is 0 Å². The minimum atomic E-state index is -0.655. The summed E-state index contributed by atoms with van der Waals surface area (Å²) in [7, 11) is 0. The number of nitro benzene ring substituents is 1. The Hall–Kier alpha value is -2.54. The molecule has 0 spiro atoms. The normalized spacial score (nSPS) is 10.2. The van der Waals surface area contributed by atoms with Gasteiger partial charge in [-0.05, 0) is 36.6 Å². The maximum absolute atomic E-state index is 13.8. The van der Waals surface area contributed by atoms with E-state index in [-0.39, 0.29) is 11.4 Å². The number of hydrogen-bond acceptors (Lipinski definition) is 4. The number of anilines is 1. The van der Waals surface area contributed by atoms with Crippen molar-refractivity contribution in [3.63, 3.8) is 0 Å². The SMILES string of the molecule is CC.Cc1ccc2c(SNc3ccc([N+](=O)[O-])cc3F)c[nH]c2c1. The van der Waals surface area contributed by atoms with Gasteiger partial charge in [-0.15, -0.1) is 0 Å². The Labute approximate surface area is 143 Å². The fourth-order valence-corrected chi connectivity index (χ4v) is 2.90. The molecule has 0 aliphatic rings. The number of aromatic amines is 1. The van der Waals surface area contributed by atoms with Crippen LogP contribution in [0.15, 0.2) is 47.5 Å². The van der Waals surface area contributed by atoms with E-state index in [9.17, 15) is 14.5 Å². The first-order valence-electron chi connectivity index (χ1n) is 7.49. The zero-order valence-corrected chi connectivity index (χ0v) is 14.4. The minimum absolute atomic E-state index is 0.206. The van der Waals surface area contributed by atoms with Crippen LogP contribution in [0.4, 0.5) is 15.8 Å². The van der Waals surface area contributed by atoms with E-state index in [1.807, 2.05) is 45.2 Å². The molecule has 0 saturated carbocycles. The molecule has 3 rings (SSSR count). The number of nitrogens with one attached hydrogen (secondary N) is 2. The summed E-state index contributed by atoms with van der Waals surface area (Å²) in [4.78, 5) is 14.1. The molecule has 0 aliphatic carbocycles. The summed E-state index contributed by atoms with van der Waals surface area (Å²) < 4.78 is 16.7. The number of fused-ring (bicyclic) bond motifs is 1. The molecule has 0 saturated heterocycles. The molecule has 3 aromatic rings. The van der Waals surface area contributed by atoms with Crippen molar-refractivity contribution >= 4 is 34.2 Å². The molecule has 2 aromatic carbocycles. The molecule has 0 aliphatic heterocycles. The monoisotopic (exact) mass is 347 g/mol. The smallest absolute Gasteiger partial charge is 0.272 e. The Morgan fingerprint density at radius 1 is 1.21 bits per heavy atom. The number of nitro groups is 1. The van der Waals surface area contributed by atoms with Gasteiger partial charge in [0.2, 0.25) is 0 Å². The van der Waals surface area contributed by atoms with Crippen LogP contribution < -0.4 is 4.72 Å². The first-order valence-corrected chi connectivity index (χ1v) is 8.31. The second-order valence-corrected chi connectivity index (χ2v) is 5.68. The first kappa shape index (κ1) is 17.8. The van der Waals surface area contributed by atoms with E-state index in [1.54, 1.807) is 0 Å². The van der Waals surface area contributed by atoms with Gasteiger partial charge >= 0.3 is 0 Å². The highest BCUT2D eigenvalue weighted by atomic mass is 32.2. The van der Waals surface area contributed by atoms with Crippen molar-refractivity contribution in [1.82, 2.24) is 4.98 Å². The Morgan fingerprint density at radius 2 is 1.96 bits per heavy atom. The predicted molar refractivity (Wildman–Crippen MR) is 96.9 cm³/mol. The molecule has 1 aromatic heterocycles. The molecule has 2 N–H and O–H groups in total. The second kappa shape index (κ2) is 7.83. The van der Waals surface area contributed by atoms with Gasteiger partial charge in [0.05, 0.1) is 21.6 Å². The molecular weight excluding hydrogens is 329 g/mol. The van der Waals surface area contributed by atoms with Crippen LogP contribution in [-0.2, 0) is 0 Å². The molecular formula is C17H18FN3O2S. The van der Waals surface area contributed by atoms with Gasteiger partial charge in [0.15, 0.2) is 5.82 Å². The van der Waals surface area contributed by atoms with Crippen molar-refractivity contribution in [3.8, 4) is 0 Å². The highest BCUT2D eigenvalue weighted by Gasteiger charge is 2.11. The van der Waals surface area contributed by atoms with Crippen molar-refractivity contribution in [2.75, 3.05) is 4.72 Å². The number of nitrogens with zero attached hydrogens (tertiary/aromatic N) is 1. The summed E-state index contributed by atoms with van der Waals surface area (Å²) in [6, 6.07) is 9.57. The van der Waals surface area contributed by atoms with Gasteiger partial charge in [-0.1, -0.05) is 26.0 Å². The molecule has 0 bridgehead atoms. The highest BCUT2D eigenvalue weighted by Crippen LogP contribution is 2.31. The number of halogens is 1. The highest BCUT2D eigenvalue weighted by molar-refractivity contribution is 8.00. The van der Waals surface area contributed by atoms with Crippen molar-refractivity contribution < 1.29 is 9.31 Å². The average molecular weight is 347 g/mol. The van der Waals surface area contributed by atoms with Crippen LogP contribution in [0.5, 0.6) is 0 Å². The second-order valence-electron chi connectivity index (χ2n) is 4.83. The van der Waals surface area contributed by atoms with Gasteiger partial charge in [0.1, 0.15) is 0 Å². The topological polar surface area (TPSA) is 71.0 Å². The predicted octanol–water partition coefficient (Wildman–Crippen LogP) is 5.67. The van der Waals surface area contributed by atoms with Crippen molar-refractivity contribution in [2.24, 2.45) is 0 Å². The van der Waals surface area contributed by atoms with E-state index in [1.165, 1.54) is 24.1 Å². The van der Waals surface area contributed by atoms with Crippen LogP contribution in [0.1, 0.15) is 19.4 Å². The molecule has 0 unspecified atom stereocenters. The van der Waals surface area contributed by atoms with E-state index < -0.39 is 10.7 Å². The van der Waals surface area contributed by atoms with Crippen LogP contribution in [-0.4, -0.2) is 9.91 Å². The van der Waals surface area contributed by atoms with E-state index in [0.717, 1.165) is 27.4 Å². The number of H-pyrrole nitrogens is 1. The summed E-state index contributed by atoms with van der Waals surface area (Å²) in [6.07, 6.45) is 1.84. The number of rotatable bonds is 4. The van der Waals surface area contributed by atoms with Crippen molar-refractivity contribution in [3.05, 3.63) is 64.1 Å². The summed E-state index contributed by atoms with van der Waals surface area (Å²) in [5.41, 5.74) is 2.10. The van der Waals surface area contributed by atoms with Gasteiger partial charge in [-0.2, -0.15) is 0 Å². The molecule has 5 nitrogen and oxygen atoms in total. The van der Waals surface area contributed by atoms with E-state index in [2.05, 4.69) is 9.71 Å². The van der Waals surface area contributed by atoms with E-state index in [4.69, 9.17) is 0 Å². The standard InChI is InChI=1S/C15H12FN3O2S.C2H6/c1-9-2-4-11-14(6-9)17-8-15(11)22-18-13-5-3-10(19(20)21)7-12(13)16;1-2/h2-8,17-18H,1H3;1-2H3. The van der Waals surface area contributed by atoms with Gasteiger partial charge in [-0.25, -0.2) is 4.39 Å². The third-order valence-corrected chi connectivity index (χ3v) is 4.11. The third kappa shape index (κ3) is 3.86. The fourth-order valence-electron chi connectivity index (χ4n) is 2.11. The van der Waals surface area contributed by atoms with E-state index >= 15 is 0 Å². The Balaban J connectivity index is 0.00000100. The molecule has 7 heteroatoms. The van der Waals surface area contributed by atoms with Gasteiger partial charge < -0.3 is 9.71 Å². The van der Waals surface area contributed by atoms with Gasteiger partial charge in [-0.3, -0.25) is 10.1 Å². The summed E-state index contributed by atoms with van der Waals surface area (Å²) in [5.74, 6) is -0.655. The maximum atomic E-state index is 13.8. The molecule has 0 fully saturated rings. The van der Waals surface area contributed by atoms with Crippen LogP contribution >= 0.6 is 11.9 Å². The maximum Gasteiger partial charge on any atom is 0.272 e. The number of aryl methyl sites for hydroxylation is 1. The largest absolute Gasteiger partial charge is 0.360 e. The number of non-ortho nitro benzene ring substituents is 1. The fraction of sp³-hybridized carbons (Fsp3) is 0.176. The van der Waals surface area contributed by atoms with Gasteiger partial charge in [0.25, 0.3) is 5.69 Å². The number of benzene rings is 2. The van der Waals surface area contributed by atoms with Crippen molar-refractivity contribution in [2.45, 2.75) is 25.7 Å². The minimum Gasteiger partial charge on any atom is -0.360 e. The van der Waals surface area contributed by atoms with E-state index in [0.29, 0.717) is 0 Å². The Morgan fingerprint density at radius 3 is 2.62 bits per heavy atom. The summed E-state index contributed by atoms with van der Waals surface area (Å²) in [5, 5.41) is 11.6. The summed E-state index contributed by atoms with van der Waals surface area (Å²) >= 11 is 1.25. The quantitative estimate of drug-likeness (QED) is 0.362. The van der Waals surface area contributed by atoms with Crippen LogP contribution in [0.3, 0.4) is 0 Å². The van der Waals surface area contributed by atoms with Crippen LogP contribution in [0, 0.1) is 22.9 Å². The zero-order valence-electron chi connectivity index (χ0n) is 13.6. The molecule has 126 valence electrons. The number of aromatic nitrogens is 1. The lowest BCUT2D eigenvalue weighted by atomic mass is 10.2. The first-order chi connectivity index (χ1) is 11.5. The van der Waals surface area contributed by atoms with Crippen LogP contribution in [0.25, 0.3) is 10.9 Å². The lowest BCUT2D eigenvalue weighted by Gasteiger charge is -2.05. The molecule has 0 amide bonds. The third-order valence-electron chi connectivity index (χ3n) is 3.23. The average Bonchev–Trinajstić information content (AvgIpc) is 2.97. The molecule has 0 radical (unpaired) electrons. The Kier molecular flexibility index (Phi) is 5.81. The lowest BCUT2D eigenvalue weighted by Crippen LogP contribution is -1.93. The van der Waals surface area contributed by atoms with Gasteiger partial charge in [0, 0.05) is 23.2 Å². The summed E-state index contributed by atoms with van der Waals surface area (Å²) in [6.45, 7) is 6.01. The molecule has 1 heterocycles. The Bertz CT molecular complexity index is 864. The number of hydrogen-bond donors (Lipinski definition) is 2. The van der Waals surface area contributed by atoms with Crippen LogP contribution in [0.2, 0.25) is 0 Å². The zero-order chi connectivity index (χ0) is 17.7. The lowest BCUT2D eigenvalue weighted by molar-refractivity contribution is -0.385. The molecule has 24 heavy (non-hydrogen) atoms. The molecule has 0 atom stereocenters.